The van der Waals surface area contributed by atoms with Crippen LogP contribution < -0.4 is 15.2 Å². The van der Waals surface area contributed by atoms with E-state index in [-0.39, 0.29) is 24.9 Å². The molecule has 8 heteroatoms. The molecule has 0 spiro atoms. The lowest BCUT2D eigenvalue weighted by molar-refractivity contribution is -0.126. The predicted molar refractivity (Wildman–Crippen MR) is 112 cm³/mol. The van der Waals surface area contributed by atoms with E-state index in [0.29, 0.717) is 29.2 Å². The Morgan fingerprint density at radius 2 is 1.97 bits per heavy atom. The van der Waals surface area contributed by atoms with Gasteiger partial charge in [0.1, 0.15) is 5.82 Å². The molecule has 0 saturated carbocycles. The van der Waals surface area contributed by atoms with Crippen molar-refractivity contribution >= 4 is 33.8 Å². The van der Waals surface area contributed by atoms with Crippen LogP contribution in [0.2, 0.25) is 0 Å². The van der Waals surface area contributed by atoms with Crippen LogP contribution in [0.4, 0.5) is 4.39 Å². The molecule has 0 aliphatic carbocycles. The summed E-state index contributed by atoms with van der Waals surface area (Å²) >= 11 is 3.31. The maximum absolute atomic E-state index is 14.0. The molecule has 154 valence electrons. The van der Waals surface area contributed by atoms with E-state index in [4.69, 9.17) is 15.2 Å². The lowest BCUT2D eigenvalue weighted by Gasteiger charge is -2.19. The molecule has 2 aromatic carbocycles. The Labute approximate surface area is 177 Å². The number of ether oxygens (including phenoxy) is 2. The first-order chi connectivity index (χ1) is 13.8. The molecule has 0 aromatic heterocycles. The number of carbonyl (C=O) groups excluding carboxylic acids is 2. The van der Waals surface area contributed by atoms with Crippen LogP contribution in [0.15, 0.2) is 46.9 Å². The number of hydrogen-bond acceptors (Lipinski definition) is 4. The zero-order valence-corrected chi connectivity index (χ0v) is 17.7. The third kappa shape index (κ3) is 6.60. The van der Waals surface area contributed by atoms with Crippen LogP contribution >= 0.6 is 15.9 Å². The van der Waals surface area contributed by atoms with E-state index in [1.54, 1.807) is 36.4 Å². The Morgan fingerprint density at radius 3 is 2.62 bits per heavy atom. The van der Waals surface area contributed by atoms with Gasteiger partial charge < -0.3 is 20.1 Å². The van der Waals surface area contributed by atoms with Gasteiger partial charge in [0, 0.05) is 29.2 Å². The Kier molecular flexibility index (Phi) is 8.21. The van der Waals surface area contributed by atoms with Crippen molar-refractivity contribution in [1.82, 2.24) is 4.90 Å². The van der Waals surface area contributed by atoms with E-state index in [2.05, 4.69) is 15.9 Å². The SMILES string of the molecule is CCN(Cc1cc(Br)ccc1F)C(=O)/C=C/c1ccc(OCC(N)=O)c(OC)c1. The average molecular weight is 465 g/mol. The second kappa shape index (κ2) is 10.6. The quantitative estimate of drug-likeness (QED) is 0.575. The molecule has 2 rings (SSSR count). The molecule has 6 nitrogen and oxygen atoms in total. The van der Waals surface area contributed by atoms with E-state index in [1.807, 2.05) is 6.92 Å². The second-order valence-electron chi connectivity index (χ2n) is 6.09. The molecular formula is C21H22BrFN2O4. The molecule has 0 heterocycles. The zero-order chi connectivity index (χ0) is 21.4. The number of amides is 2. The van der Waals surface area contributed by atoms with Crippen molar-refractivity contribution in [3.05, 3.63) is 63.9 Å². The molecule has 2 aromatic rings. The minimum Gasteiger partial charge on any atom is -0.493 e. The summed E-state index contributed by atoms with van der Waals surface area (Å²) in [5.74, 6) is -0.428. The molecule has 0 unspecified atom stereocenters. The topological polar surface area (TPSA) is 81.9 Å². The number of hydrogen-bond donors (Lipinski definition) is 1. The maximum Gasteiger partial charge on any atom is 0.255 e. The number of carbonyl (C=O) groups is 2. The van der Waals surface area contributed by atoms with Gasteiger partial charge in [-0.1, -0.05) is 22.0 Å². The first-order valence-corrected chi connectivity index (χ1v) is 9.63. The van der Waals surface area contributed by atoms with Gasteiger partial charge in [0.15, 0.2) is 18.1 Å². The summed E-state index contributed by atoms with van der Waals surface area (Å²) in [6, 6.07) is 9.64. The summed E-state index contributed by atoms with van der Waals surface area (Å²) in [6.45, 7) is 2.16. The zero-order valence-electron chi connectivity index (χ0n) is 16.2. The van der Waals surface area contributed by atoms with Crippen molar-refractivity contribution in [1.29, 1.82) is 0 Å². The van der Waals surface area contributed by atoms with Gasteiger partial charge in [-0.2, -0.15) is 0 Å². The Balaban J connectivity index is 2.11. The van der Waals surface area contributed by atoms with E-state index in [9.17, 15) is 14.0 Å². The number of rotatable bonds is 9. The lowest BCUT2D eigenvalue weighted by Crippen LogP contribution is -2.29. The number of methoxy groups -OCH3 is 1. The van der Waals surface area contributed by atoms with Crippen LogP contribution in [0.3, 0.4) is 0 Å². The first-order valence-electron chi connectivity index (χ1n) is 8.84. The maximum atomic E-state index is 14.0. The largest absolute Gasteiger partial charge is 0.493 e. The molecule has 2 amide bonds. The van der Waals surface area contributed by atoms with Crippen LogP contribution in [0.1, 0.15) is 18.1 Å². The van der Waals surface area contributed by atoms with Crippen molar-refractivity contribution in [3.63, 3.8) is 0 Å². The summed E-state index contributed by atoms with van der Waals surface area (Å²) < 4.78 is 25.3. The fraction of sp³-hybridized carbons (Fsp3) is 0.238. The van der Waals surface area contributed by atoms with E-state index in [1.165, 1.54) is 24.2 Å². The van der Waals surface area contributed by atoms with Gasteiger partial charge in [0.25, 0.3) is 5.91 Å². The predicted octanol–water partition coefficient (Wildman–Crippen LogP) is 3.52. The molecule has 0 atom stereocenters. The minimum absolute atomic E-state index is 0.161. The average Bonchev–Trinajstić information content (AvgIpc) is 2.71. The monoisotopic (exact) mass is 464 g/mol. The summed E-state index contributed by atoms with van der Waals surface area (Å²) in [5, 5.41) is 0. The van der Waals surface area contributed by atoms with Crippen LogP contribution in [0.5, 0.6) is 11.5 Å². The third-order valence-corrected chi connectivity index (χ3v) is 4.53. The summed E-state index contributed by atoms with van der Waals surface area (Å²) in [6.07, 6.45) is 3.04. The van der Waals surface area contributed by atoms with Crippen molar-refractivity contribution in [2.75, 3.05) is 20.3 Å². The van der Waals surface area contributed by atoms with Gasteiger partial charge >= 0.3 is 0 Å². The second-order valence-corrected chi connectivity index (χ2v) is 7.00. The lowest BCUT2D eigenvalue weighted by atomic mass is 10.1. The van der Waals surface area contributed by atoms with Gasteiger partial charge in [-0.3, -0.25) is 9.59 Å². The standard InChI is InChI=1S/C21H22BrFN2O4/c1-3-25(12-15-11-16(22)6-7-17(15)23)21(27)9-5-14-4-8-18(19(10-14)28-2)29-13-20(24)26/h4-11H,3,12-13H2,1-2H3,(H2,24,26)/b9-5+. The Bertz CT molecular complexity index is 918. The first kappa shape index (κ1) is 22.4. The van der Waals surface area contributed by atoms with Crippen LogP contribution in [-0.4, -0.2) is 37.0 Å². The number of likely N-dealkylation sites (N-methyl/N-ethyl adjacent to an activating group) is 1. The minimum atomic E-state index is -0.594. The number of halogens is 2. The smallest absolute Gasteiger partial charge is 0.255 e. The Morgan fingerprint density at radius 1 is 1.21 bits per heavy atom. The van der Waals surface area contributed by atoms with Crippen molar-refractivity contribution in [2.45, 2.75) is 13.5 Å². The van der Waals surface area contributed by atoms with E-state index < -0.39 is 5.91 Å². The van der Waals surface area contributed by atoms with E-state index in [0.717, 1.165) is 4.47 Å². The van der Waals surface area contributed by atoms with Crippen molar-refractivity contribution in [2.24, 2.45) is 5.73 Å². The highest BCUT2D eigenvalue weighted by Crippen LogP contribution is 2.28. The summed E-state index contributed by atoms with van der Waals surface area (Å²) in [7, 11) is 1.47. The molecule has 29 heavy (non-hydrogen) atoms. The molecule has 2 N–H and O–H groups in total. The van der Waals surface area contributed by atoms with Gasteiger partial charge in [0.05, 0.1) is 7.11 Å². The molecular weight excluding hydrogens is 443 g/mol. The molecule has 0 bridgehead atoms. The number of nitrogens with two attached hydrogens (primary N) is 1. The fourth-order valence-electron chi connectivity index (χ4n) is 2.54. The molecule has 0 saturated heterocycles. The van der Waals surface area contributed by atoms with Gasteiger partial charge in [0.2, 0.25) is 5.91 Å². The normalized spacial score (nSPS) is 10.8. The number of primary amides is 1. The van der Waals surface area contributed by atoms with Gasteiger partial charge in [-0.15, -0.1) is 0 Å². The van der Waals surface area contributed by atoms with Crippen LogP contribution in [0.25, 0.3) is 6.08 Å². The van der Waals surface area contributed by atoms with Gasteiger partial charge in [-0.25, -0.2) is 4.39 Å². The highest BCUT2D eigenvalue weighted by atomic mass is 79.9. The van der Waals surface area contributed by atoms with Crippen molar-refractivity contribution in [3.8, 4) is 11.5 Å². The molecule has 0 aliphatic rings. The fourth-order valence-corrected chi connectivity index (χ4v) is 2.95. The van der Waals surface area contributed by atoms with E-state index >= 15 is 0 Å². The third-order valence-electron chi connectivity index (χ3n) is 4.04. The highest BCUT2D eigenvalue weighted by molar-refractivity contribution is 9.10. The summed E-state index contributed by atoms with van der Waals surface area (Å²) in [5.41, 5.74) is 6.20. The van der Waals surface area contributed by atoms with Crippen LogP contribution in [-0.2, 0) is 16.1 Å². The van der Waals surface area contributed by atoms with Gasteiger partial charge in [-0.05, 0) is 48.9 Å². The number of nitrogens with zero attached hydrogens (tertiary/aromatic N) is 1. The molecule has 0 radical (unpaired) electrons. The number of benzene rings is 2. The molecule has 0 fully saturated rings. The summed E-state index contributed by atoms with van der Waals surface area (Å²) in [4.78, 5) is 24.9. The molecule has 0 aliphatic heterocycles. The highest BCUT2D eigenvalue weighted by Gasteiger charge is 2.13. The van der Waals surface area contributed by atoms with Crippen LogP contribution in [0, 0.1) is 5.82 Å². The van der Waals surface area contributed by atoms with Crippen molar-refractivity contribution < 1.29 is 23.5 Å². The Hall–Kier alpha value is -2.87.